The van der Waals surface area contributed by atoms with Crippen molar-refractivity contribution in [2.75, 3.05) is 19.7 Å². The third-order valence-corrected chi connectivity index (χ3v) is 4.58. The minimum absolute atomic E-state index is 0.0775. The van der Waals surface area contributed by atoms with Crippen molar-refractivity contribution in [3.8, 4) is 17.2 Å². The van der Waals surface area contributed by atoms with Gasteiger partial charge >= 0.3 is 5.97 Å². The fourth-order valence-electron chi connectivity index (χ4n) is 3.21. The van der Waals surface area contributed by atoms with Crippen molar-refractivity contribution < 1.29 is 14.3 Å². The van der Waals surface area contributed by atoms with Crippen LogP contribution in [0.5, 0.6) is 0 Å². The quantitative estimate of drug-likeness (QED) is 0.778. The predicted molar refractivity (Wildman–Crippen MR) is 99.9 cm³/mol. The number of amides is 1. The van der Waals surface area contributed by atoms with Crippen LogP contribution in [-0.2, 0) is 4.74 Å². The van der Waals surface area contributed by atoms with Gasteiger partial charge in [-0.3, -0.25) is 9.78 Å². The van der Waals surface area contributed by atoms with Crippen LogP contribution in [0.25, 0.3) is 11.1 Å². The Kier molecular flexibility index (Phi) is 5.82. The summed E-state index contributed by atoms with van der Waals surface area (Å²) in [6, 6.07) is 11.2. The number of carbonyl (C=O) groups excluding carboxylic acids is 2. The van der Waals surface area contributed by atoms with Gasteiger partial charge in [0.2, 0.25) is 0 Å². The van der Waals surface area contributed by atoms with Crippen molar-refractivity contribution in [3.05, 3.63) is 53.9 Å². The first kappa shape index (κ1) is 18.6. The Hall–Kier alpha value is -3.20. The first-order valence-corrected chi connectivity index (χ1v) is 9.04. The van der Waals surface area contributed by atoms with Gasteiger partial charge in [0.1, 0.15) is 0 Å². The van der Waals surface area contributed by atoms with Crippen LogP contribution < -0.4 is 0 Å². The summed E-state index contributed by atoms with van der Waals surface area (Å²) < 4.78 is 5.01. The average Bonchev–Trinajstić information content (AvgIpc) is 2.73. The molecule has 2 heterocycles. The summed E-state index contributed by atoms with van der Waals surface area (Å²) in [4.78, 5) is 30.6. The predicted octanol–water partition coefficient (Wildman–Crippen LogP) is 3.30. The number of ether oxygens (including phenoxy) is 1. The van der Waals surface area contributed by atoms with E-state index in [9.17, 15) is 9.59 Å². The summed E-state index contributed by atoms with van der Waals surface area (Å²) in [5, 5.41) is 9.13. The Morgan fingerprint density at radius 2 is 2.07 bits per heavy atom. The molecule has 1 atom stereocenters. The number of aromatic nitrogens is 1. The van der Waals surface area contributed by atoms with Crippen LogP contribution in [0.2, 0.25) is 0 Å². The molecule has 1 amide bonds. The fraction of sp³-hybridized carbons (Fsp3) is 0.333. The molecule has 0 aliphatic carbocycles. The van der Waals surface area contributed by atoms with Gasteiger partial charge in [0.25, 0.3) is 5.91 Å². The second-order valence-electron chi connectivity index (χ2n) is 6.48. The molecule has 0 spiro atoms. The number of pyridine rings is 1. The Morgan fingerprint density at radius 1 is 1.26 bits per heavy atom. The summed E-state index contributed by atoms with van der Waals surface area (Å²) >= 11 is 0. The molecule has 1 fully saturated rings. The van der Waals surface area contributed by atoms with Crippen LogP contribution in [0.15, 0.2) is 42.7 Å². The molecule has 1 saturated heterocycles. The lowest BCUT2D eigenvalue weighted by Crippen LogP contribution is -2.39. The molecule has 0 bridgehead atoms. The number of hydrogen-bond donors (Lipinski definition) is 0. The van der Waals surface area contributed by atoms with Crippen LogP contribution in [0, 0.1) is 17.2 Å². The summed E-state index contributed by atoms with van der Waals surface area (Å²) in [5.41, 5.74) is 2.48. The number of likely N-dealkylation sites (tertiary alicyclic amines) is 1. The highest BCUT2D eigenvalue weighted by Crippen LogP contribution is 2.23. The maximum absolute atomic E-state index is 12.8. The lowest BCUT2D eigenvalue weighted by Gasteiger charge is -2.29. The Balaban J connectivity index is 1.84. The SMILES string of the molecule is CCOC(=O)c1cncc(-c2cccc(C(=O)N3CCC[C@@H](C#N)C3)c2)c1. The zero-order valence-corrected chi connectivity index (χ0v) is 15.2. The molecule has 0 saturated carbocycles. The van der Waals surface area contributed by atoms with E-state index in [0.29, 0.717) is 30.8 Å². The fourth-order valence-corrected chi connectivity index (χ4v) is 3.21. The maximum Gasteiger partial charge on any atom is 0.339 e. The van der Waals surface area contributed by atoms with Crippen LogP contribution in [-0.4, -0.2) is 41.5 Å². The van der Waals surface area contributed by atoms with Gasteiger partial charge < -0.3 is 9.64 Å². The van der Waals surface area contributed by atoms with E-state index in [-0.39, 0.29) is 11.8 Å². The Bertz CT molecular complexity index is 888. The molecule has 1 aliphatic heterocycles. The zero-order valence-electron chi connectivity index (χ0n) is 15.2. The van der Waals surface area contributed by atoms with E-state index in [0.717, 1.165) is 24.0 Å². The van der Waals surface area contributed by atoms with Gasteiger partial charge in [-0.05, 0) is 43.5 Å². The van der Waals surface area contributed by atoms with E-state index < -0.39 is 5.97 Å². The van der Waals surface area contributed by atoms with Crippen LogP contribution in [0.3, 0.4) is 0 Å². The Labute approximate surface area is 158 Å². The van der Waals surface area contributed by atoms with Crippen LogP contribution in [0.4, 0.5) is 0 Å². The highest BCUT2D eigenvalue weighted by Gasteiger charge is 2.24. The van der Waals surface area contributed by atoms with E-state index in [2.05, 4.69) is 11.1 Å². The molecular formula is C21H21N3O3. The largest absolute Gasteiger partial charge is 0.462 e. The molecule has 6 nitrogen and oxygen atoms in total. The number of nitriles is 1. The van der Waals surface area contributed by atoms with Crippen molar-refractivity contribution in [1.29, 1.82) is 5.26 Å². The van der Waals surface area contributed by atoms with Gasteiger partial charge in [0.05, 0.1) is 24.2 Å². The molecule has 2 aromatic rings. The first-order valence-electron chi connectivity index (χ1n) is 9.04. The van der Waals surface area contributed by atoms with Gasteiger partial charge in [-0.15, -0.1) is 0 Å². The highest BCUT2D eigenvalue weighted by molar-refractivity contribution is 5.96. The van der Waals surface area contributed by atoms with Gasteiger partial charge in [0, 0.05) is 36.6 Å². The van der Waals surface area contributed by atoms with Crippen molar-refractivity contribution in [2.24, 2.45) is 5.92 Å². The van der Waals surface area contributed by atoms with Gasteiger partial charge in [0.15, 0.2) is 0 Å². The number of esters is 1. The topological polar surface area (TPSA) is 83.3 Å². The number of piperidine rings is 1. The molecule has 0 N–H and O–H groups in total. The normalized spacial score (nSPS) is 16.4. The van der Waals surface area contributed by atoms with Crippen molar-refractivity contribution in [2.45, 2.75) is 19.8 Å². The number of nitrogens with zero attached hydrogens (tertiary/aromatic N) is 3. The molecule has 1 aromatic heterocycles. The third kappa shape index (κ3) is 4.32. The van der Waals surface area contributed by atoms with Crippen LogP contribution >= 0.6 is 0 Å². The van der Waals surface area contributed by atoms with Crippen molar-refractivity contribution in [1.82, 2.24) is 9.88 Å². The van der Waals surface area contributed by atoms with Gasteiger partial charge in [-0.1, -0.05) is 12.1 Å². The first-order chi connectivity index (χ1) is 13.1. The monoisotopic (exact) mass is 363 g/mol. The van der Waals surface area contributed by atoms with E-state index in [1.54, 1.807) is 36.2 Å². The third-order valence-electron chi connectivity index (χ3n) is 4.58. The van der Waals surface area contributed by atoms with Crippen molar-refractivity contribution in [3.63, 3.8) is 0 Å². The lowest BCUT2D eigenvalue weighted by molar-refractivity contribution is 0.0525. The molecule has 0 radical (unpaired) electrons. The van der Waals surface area contributed by atoms with E-state index >= 15 is 0 Å². The summed E-state index contributed by atoms with van der Waals surface area (Å²) in [6.07, 6.45) is 4.80. The lowest BCUT2D eigenvalue weighted by atomic mass is 9.98. The summed E-state index contributed by atoms with van der Waals surface area (Å²) in [7, 11) is 0. The zero-order chi connectivity index (χ0) is 19.2. The highest BCUT2D eigenvalue weighted by atomic mass is 16.5. The molecule has 138 valence electrons. The number of carbonyl (C=O) groups is 2. The second-order valence-corrected chi connectivity index (χ2v) is 6.48. The molecule has 6 heteroatoms. The average molecular weight is 363 g/mol. The molecule has 1 aromatic carbocycles. The second kappa shape index (κ2) is 8.45. The molecule has 1 aliphatic rings. The van der Waals surface area contributed by atoms with E-state index in [1.807, 2.05) is 12.1 Å². The van der Waals surface area contributed by atoms with Gasteiger partial charge in [-0.25, -0.2) is 4.79 Å². The summed E-state index contributed by atoms with van der Waals surface area (Å²) in [6.45, 7) is 3.19. The minimum atomic E-state index is -0.421. The van der Waals surface area contributed by atoms with E-state index in [1.165, 1.54) is 6.20 Å². The van der Waals surface area contributed by atoms with Gasteiger partial charge in [-0.2, -0.15) is 5.26 Å². The van der Waals surface area contributed by atoms with Crippen molar-refractivity contribution >= 4 is 11.9 Å². The Morgan fingerprint density at radius 3 is 2.85 bits per heavy atom. The number of hydrogen-bond acceptors (Lipinski definition) is 5. The van der Waals surface area contributed by atoms with E-state index in [4.69, 9.17) is 10.00 Å². The minimum Gasteiger partial charge on any atom is -0.462 e. The van der Waals surface area contributed by atoms with Crippen LogP contribution in [0.1, 0.15) is 40.5 Å². The molecule has 0 unspecified atom stereocenters. The smallest absolute Gasteiger partial charge is 0.339 e. The number of benzene rings is 1. The molecule has 27 heavy (non-hydrogen) atoms. The molecule has 3 rings (SSSR count). The standard InChI is InChI=1S/C21H21N3O3/c1-2-27-21(26)19-10-18(12-23-13-19)16-6-3-7-17(9-16)20(25)24-8-4-5-15(11-22)14-24/h3,6-7,9-10,12-13,15H,2,4-5,8,14H2,1H3/t15-/m0/s1. The summed E-state index contributed by atoms with van der Waals surface area (Å²) in [5.74, 6) is -0.599. The number of rotatable bonds is 4. The maximum atomic E-state index is 12.8. The molecular weight excluding hydrogens is 342 g/mol.